The van der Waals surface area contributed by atoms with E-state index in [9.17, 15) is 0 Å². The molecule has 0 saturated carbocycles. The normalized spacial score (nSPS) is 9.32. The van der Waals surface area contributed by atoms with E-state index in [1.54, 1.807) is 0 Å². The molecule has 0 aliphatic heterocycles. The molecule has 29 heteroatoms. The molecule has 0 spiro atoms. The Hall–Kier alpha value is -12.7. The van der Waals surface area contributed by atoms with Gasteiger partial charge in [-0.05, 0) is 0 Å². The number of aliphatic hydroxyl groups is 7. The van der Waals surface area contributed by atoms with Crippen LogP contribution in [0.5, 0.6) is 0 Å². The minimum absolute atomic E-state index is 0. The molecule has 2 atom stereocenters. The predicted molar refractivity (Wildman–Crippen MR) is 156 cm³/mol. The second kappa shape index (κ2) is 104. The Morgan fingerprint density at radius 2 is 0.393 bits per heavy atom. The van der Waals surface area contributed by atoms with Gasteiger partial charge in [-0.1, -0.05) is 0 Å². The molecule has 0 saturated heterocycles. The first kappa shape index (κ1) is 112. The van der Waals surface area contributed by atoms with Gasteiger partial charge in [-0.25, -0.2) is 56.9 Å². The number of rotatable bonds is 24. The first-order valence-electron chi connectivity index (χ1n) is 12.8. The van der Waals surface area contributed by atoms with Crippen molar-refractivity contribution >= 4 is 0 Å². The van der Waals surface area contributed by atoms with Gasteiger partial charge in [-0.2, -0.15) is 0 Å². The fourth-order valence-electron chi connectivity index (χ4n) is 1.90. The molecular weight excluding hydrogens is 3800 g/mol. The zero-order valence-electron chi connectivity index (χ0n) is 34.1. The molecular formula is C27H56O17Rf12-8. The van der Waals surface area contributed by atoms with Crippen molar-refractivity contribution in [2.24, 2.45) is 0 Å². The molecule has 0 aliphatic carbocycles. The molecule has 0 aromatic carbocycles. The standard InChI is InChI=1S/2C6H13O4.3C5H10O3.12Rf/c2*1-9-4-6(8)5-10-3-2-7;3*1-7-3-5(6)4-8-2;;;;;;;;;;;;/h2*6-8H,1-5H2;3*5-6H,1-4H2;;;;;;;;;;;;/q2*-1;3*-2;;;;;;;;;;;;. The van der Waals surface area contributed by atoms with Crippen molar-refractivity contribution in [3.63, 3.8) is 0 Å². The van der Waals surface area contributed by atoms with E-state index in [0.29, 0.717) is 0 Å². The van der Waals surface area contributed by atoms with Gasteiger partial charge >= 0.3 is 0 Å². The van der Waals surface area contributed by atoms with Gasteiger partial charge in [0.15, 0.2) is 0 Å². The van der Waals surface area contributed by atoms with Gasteiger partial charge < -0.3 is 83.1 Å². The van der Waals surface area contributed by atoms with E-state index >= 15 is 0 Å². The molecule has 0 rings (SSSR count). The van der Waals surface area contributed by atoms with E-state index in [1.165, 1.54) is 0 Å². The summed E-state index contributed by atoms with van der Waals surface area (Å²) in [6, 6.07) is 0. The molecule has 0 aliphatic rings. The molecule has 0 radical (unpaired) electrons. The topological polar surface area (TPSA) is 234 Å². The van der Waals surface area contributed by atoms with E-state index in [4.69, 9.17) is 45.2 Å². The molecule has 0 heterocycles. The van der Waals surface area contributed by atoms with E-state index < -0.39 is 30.5 Å². The molecule has 0 aromatic rings. The number of hydrogen-bond acceptors (Lipinski definition) is 17. The first-order valence-corrected chi connectivity index (χ1v) is 12.8. The Balaban J connectivity index is -0.0000000215. The molecule has 7 N–H and O–H groups in total. The monoisotopic (exact) mass is 3860 g/mol. The maximum absolute atomic E-state index is 8.90. The molecule has 0 amide bonds. The first-order chi connectivity index (χ1) is 21.0. The quantitative estimate of drug-likeness (QED) is 0.0419. The van der Waals surface area contributed by atoms with Crippen LogP contribution in [0.3, 0.4) is 0 Å². The molecule has 17 nitrogen and oxygen atoms in total. The summed E-state index contributed by atoms with van der Waals surface area (Å²) in [5.74, 6) is 0. The Kier molecular flexibility index (Phi) is 209. The van der Waals surface area contributed by atoms with Crippen LogP contribution in [0.15, 0.2) is 0 Å². The van der Waals surface area contributed by atoms with Crippen LogP contribution in [0.2, 0.25) is 0 Å². The van der Waals surface area contributed by atoms with Gasteiger partial charge in [0, 0.05) is 52.9 Å². The van der Waals surface area contributed by atoms with Crippen molar-refractivity contribution in [3.8, 4) is 0 Å². The summed E-state index contributed by atoms with van der Waals surface area (Å²) in [6.07, 6.45) is -3.12. The fraction of sp³-hybridized carbons (Fsp3) is 0.704. The van der Waals surface area contributed by atoms with Crippen molar-refractivity contribution in [2.45, 2.75) is 30.5 Å². The molecule has 2 unspecified atom stereocenters. The minimum Gasteiger partial charge on any atom is -0.553 e. The van der Waals surface area contributed by atoms with Gasteiger partial charge in [0.25, 0.3) is 0 Å². The van der Waals surface area contributed by atoms with Crippen LogP contribution in [0, 0.1) is 56.9 Å². The van der Waals surface area contributed by atoms with Crippen LogP contribution >= 0.6 is 0 Å². The van der Waals surface area contributed by atoms with Gasteiger partial charge in [0.2, 0.25) is 0 Å². The maximum Gasteiger partial charge on any atom is 0.0976 e. The van der Waals surface area contributed by atoms with Gasteiger partial charge in [-0.3, -0.25) is 0 Å². The Morgan fingerprint density at radius 1 is 0.268 bits per heavy atom. The second-order valence-electron chi connectivity index (χ2n) is 7.83. The van der Waals surface area contributed by atoms with E-state index in [-0.39, 0.29) is 92.5 Å². The van der Waals surface area contributed by atoms with Crippen molar-refractivity contribution in [3.05, 3.63) is 56.9 Å². The van der Waals surface area contributed by atoms with Gasteiger partial charge in [0.1, 0.15) is 0 Å². The van der Waals surface area contributed by atoms with E-state index in [1.807, 2.05) is 0 Å². The van der Waals surface area contributed by atoms with Crippen LogP contribution in [0.1, 0.15) is 0 Å². The Labute approximate surface area is 263 Å². The van der Waals surface area contributed by atoms with Crippen molar-refractivity contribution < 1.29 is 83.1 Å². The average Bonchev–Trinajstić information content (AvgIpc) is 2.96. The minimum atomic E-state index is -0.649. The third-order valence-electron chi connectivity index (χ3n) is 3.57. The zero-order chi connectivity index (χ0) is 34.9. The second-order valence-corrected chi connectivity index (χ2v) is 7.83. The van der Waals surface area contributed by atoms with E-state index in [2.05, 4.69) is 94.8 Å². The van der Waals surface area contributed by atoms with Crippen molar-refractivity contribution in [1.29, 1.82) is 0 Å². The van der Waals surface area contributed by atoms with Crippen LogP contribution in [0.4, 0.5) is 0 Å². The van der Waals surface area contributed by atoms with Crippen LogP contribution < -0.4 is 0 Å². The third kappa shape index (κ3) is 148. The summed E-state index contributed by atoms with van der Waals surface area (Å²) in [6.45, 7) is 2.24. The van der Waals surface area contributed by atoms with Crippen molar-refractivity contribution in [1.82, 2.24) is 0 Å². The summed E-state index contributed by atoms with van der Waals surface area (Å²) in [7, 11) is 24.6. The smallest absolute Gasteiger partial charge is 0.0976 e. The molecule has 0 bridgehead atoms. The Morgan fingerprint density at radius 3 is 0.500 bits per heavy atom. The number of aliphatic hydroxyl groups excluding tert-OH is 7. The molecule has 0 aromatic heterocycles. The summed E-state index contributed by atoms with van der Waals surface area (Å²) in [4.78, 5) is 0. The SMILES string of the molecule is [CH2-]OCC(O)COCCO.[CH2-]OCC(O)COCCO.[CH2-]OCC(O)CO[CH2-].[CH2-]OCC(O)CO[CH2-].[CH2-]OCC(O)CO[CH2-].[Rf].[Rf].[Rf].[Rf].[Rf].[Rf].[Rf].[Rf].[Rf].[Rf].[Rf].[Rf]. The number of ether oxygens (including phenoxy) is 10. The van der Waals surface area contributed by atoms with E-state index in [0.717, 1.165) is 0 Å². The average molecular weight is 3860 g/mol. The summed E-state index contributed by atoms with van der Waals surface area (Å²) in [5, 5.41) is 60.5. The molecule has 298 valence electrons. The summed E-state index contributed by atoms with van der Waals surface area (Å²) < 4.78 is 44.5. The third-order valence-corrected chi connectivity index (χ3v) is 3.57. The zero-order valence-corrected chi connectivity index (χ0v) is 111. The van der Waals surface area contributed by atoms with Crippen LogP contribution in [-0.4, -0.2) is 159 Å². The van der Waals surface area contributed by atoms with Crippen LogP contribution in [0.25, 0.3) is 0 Å². The summed E-state index contributed by atoms with van der Waals surface area (Å²) >= 11 is 0. The Bertz CT molecular complexity index is 427. The van der Waals surface area contributed by atoms with Gasteiger partial charge in [-0.15, -0.1) is 0 Å². The largest absolute Gasteiger partial charge is 0.553 e. The molecule has 0 fully saturated rings. The number of hydrogen-bond donors (Lipinski definition) is 7. The maximum atomic E-state index is 8.90. The van der Waals surface area contributed by atoms with Crippen molar-refractivity contribution in [2.75, 3.05) is 92.5 Å². The van der Waals surface area contributed by atoms with Crippen LogP contribution in [-0.2, 0) is 47.4 Å². The predicted octanol–water partition coefficient (Wildman–Crippen LogP) is -1.78. The van der Waals surface area contributed by atoms with Gasteiger partial charge in [0.05, 0.1) is 70.2 Å². The summed E-state index contributed by atoms with van der Waals surface area (Å²) in [5.41, 5.74) is 0. The fourth-order valence-corrected chi connectivity index (χ4v) is 1.90. The molecule has 56 heavy (non-hydrogen) atoms.